The smallest absolute Gasteiger partial charge is 0.128 e. The molecule has 0 aliphatic carbocycles. The Morgan fingerprint density at radius 1 is 0.323 bits per heavy atom. The molecule has 0 bridgehead atoms. The second kappa shape index (κ2) is 16.4. The van der Waals surface area contributed by atoms with Crippen LogP contribution in [0.1, 0.15) is 34.3 Å². The molecule has 10 aromatic carbocycles. The lowest BCUT2D eigenvalue weighted by Crippen LogP contribution is -2.35. The van der Waals surface area contributed by atoms with E-state index in [0.29, 0.717) is 46.5 Å². The van der Waals surface area contributed by atoms with Gasteiger partial charge in [-0.05, 0) is 78.5 Å². The van der Waals surface area contributed by atoms with Crippen molar-refractivity contribution in [2.24, 2.45) is 0 Å². The molecule has 0 saturated heterocycles. The SMILES string of the molecule is Oc1ccc2ccccc2c1-c1c(O)c(CN[C@@H](c2ccccc2)[C@@H](NCc2cc3ccccc3c(-c3c(O)ccc4ccccc34)c2O)c2ccccc2)cc2ccccc12. The molecule has 302 valence electrons. The van der Waals surface area contributed by atoms with Crippen molar-refractivity contribution in [3.63, 3.8) is 0 Å². The number of nitrogens with one attached hydrogen (secondary N) is 2. The largest absolute Gasteiger partial charge is 0.507 e. The van der Waals surface area contributed by atoms with E-state index in [2.05, 4.69) is 34.9 Å². The second-order valence-electron chi connectivity index (χ2n) is 15.9. The highest BCUT2D eigenvalue weighted by Crippen LogP contribution is 2.48. The molecule has 0 aromatic heterocycles. The van der Waals surface area contributed by atoms with Crippen molar-refractivity contribution < 1.29 is 20.4 Å². The van der Waals surface area contributed by atoms with Crippen molar-refractivity contribution >= 4 is 43.1 Å². The minimum Gasteiger partial charge on any atom is -0.507 e. The molecule has 6 nitrogen and oxygen atoms in total. The van der Waals surface area contributed by atoms with Crippen LogP contribution in [0.25, 0.3) is 65.3 Å². The predicted octanol–water partition coefficient (Wildman–Crippen LogP) is 12.8. The summed E-state index contributed by atoms with van der Waals surface area (Å²) in [7, 11) is 0. The van der Waals surface area contributed by atoms with Crippen LogP contribution in [0.3, 0.4) is 0 Å². The topological polar surface area (TPSA) is 105 Å². The summed E-state index contributed by atoms with van der Waals surface area (Å²) < 4.78 is 0. The van der Waals surface area contributed by atoms with Crippen molar-refractivity contribution in [1.82, 2.24) is 10.6 Å². The van der Waals surface area contributed by atoms with Crippen LogP contribution in [0.4, 0.5) is 0 Å². The third kappa shape index (κ3) is 7.01. The summed E-state index contributed by atoms with van der Waals surface area (Å²) in [6.45, 7) is 0.594. The molecule has 0 fully saturated rings. The highest BCUT2D eigenvalue weighted by molar-refractivity contribution is 6.11. The maximum atomic E-state index is 12.3. The molecule has 6 N–H and O–H groups in total. The van der Waals surface area contributed by atoms with Crippen LogP contribution < -0.4 is 10.6 Å². The Bertz CT molecular complexity index is 3040. The van der Waals surface area contributed by atoms with Crippen molar-refractivity contribution in [3.8, 4) is 45.3 Å². The molecule has 0 amide bonds. The van der Waals surface area contributed by atoms with E-state index in [9.17, 15) is 20.4 Å². The number of hydrogen-bond acceptors (Lipinski definition) is 6. The fourth-order valence-corrected chi connectivity index (χ4v) is 9.23. The molecule has 6 heteroatoms. The Morgan fingerprint density at radius 2 is 0.645 bits per heavy atom. The molecule has 0 heterocycles. The number of phenolic OH excluding ortho intramolecular Hbond substituents is 4. The quantitative estimate of drug-likeness (QED) is 0.0777. The number of hydrogen-bond donors (Lipinski definition) is 6. The third-order valence-electron chi connectivity index (χ3n) is 12.2. The van der Waals surface area contributed by atoms with Crippen molar-refractivity contribution in [2.75, 3.05) is 0 Å². The van der Waals surface area contributed by atoms with Gasteiger partial charge in [-0.1, -0.05) is 170 Å². The zero-order chi connectivity index (χ0) is 42.2. The molecule has 10 rings (SSSR count). The van der Waals surface area contributed by atoms with E-state index in [-0.39, 0.29) is 35.1 Å². The maximum absolute atomic E-state index is 12.3. The van der Waals surface area contributed by atoms with E-state index in [1.807, 2.05) is 158 Å². The summed E-state index contributed by atoms with van der Waals surface area (Å²) in [5.74, 6) is 0.398. The summed E-state index contributed by atoms with van der Waals surface area (Å²) in [4.78, 5) is 0. The Morgan fingerprint density at radius 3 is 1.03 bits per heavy atom. The van der Waals surface area contributed by atoms with Crippen molar-refractivity contribution in [3.05, 3.63) is 216 Å². The van der Waals surface area contributed by atoms with E-state index < -0.39 is 0 Å². The summed E-state index contributed by atoms with van der Waals surface area (Å²) in [5.41, 5.74) is 5.79. The Kier molecular flexibility index (Phi) is 10.2. The standard InChI is InChI=1S/C56H44N2O4/c59-47-29-27-35-15-7-11-23-43(35)49(47)51-45-25-13-9-21-39(45)31-41(55(51)61)33-57-53(37-17-3-1-4-18-37)54(38-19-5-2-6-20-38)58-34-42-32-40-22-10-14-26-46(40)52(56(42)62)50-44-24-12-8-16-36(44)28-30-48(50)60/h1-32,53-54,57-62H,33-34H2/t53-,54-/m0/s1. The lowest BCUT2D eigenvalue weighted by molar-refractivity contribution is 0.373. The van der Waals surface area contributed by atoms with Gasteiger partial charge in [0.25, 0.3) is 0 Å². The lowest BCUT2D eigenvalue weighted by atomic mass is 9.89. The monoisotopic (exact) mass is 808 g/mol. The molecule has 2 atom stereocenters. The van der Waals surface area contributed by atoms with Gasteiger partial charge in [0, 0.05) is 46.5 Å². The van der Waals surface area contributed by atoms with E-state index in [1.165, 1.54) is 0 Å². The van der Waals surface area contributed by atoms with E-state index >= 15 is 0 Å². The minimum absolute atomic E-state index is 0.0977. The van der Waals surface area contributed by atoms with Gasteiger partial charge in [0.15, 0.2) is 0 Å². The number of fused-ring (bicyclic) bond motifs is 4. The molecule has 0 aliphatic heterocycles. The average molecular weight is 809 g/mol. The van der Waals surface area contributed by atoms with Crippen LogP contribution in [0.2, 0.25) is 0 Å². The Hall–Kier alpha value is -7.64. The summed E-state index contributed by atoms with van der Waals surface area (Å²) >= 11 is 0. The van der Waals surface area contributed by atoms with Crippen molar-refractivity contribution in [1.29, 1.82) is 0 Å². The first-order valence-corrected chi connectivity index (χ1v) is 20.9. The average Bonchev–Trinajstić information content (AvgIpc) is 3.31. The van der Waals surface area contributed by atoms with Gasteiger partial charge in [-0.2, -0.15) is 0 Å². The zero-order valence-electron chi connectivity index (χ0n) is 33.8. The summed E-state index contributed by atoms with van der Waals surface area (Å²) in [5, 5.41) is 62.4. The molecule has 0 aliphatic rings. The number of phenols is 4. The van der Waals surface area contributed by atoms with Crippen LogP contribution in [-0.4, -0.2) is 20.4 Å². The molecule has 62 heavy (non-hydrogen) atoms. The van der Waals surface area contributed by atoms with Gasteiger partial charge >= 0.3 is 0 Å². The summed E-state index contributed by atoms with van der Waals surface area (Å²) in [6.07, 6.45) is 0. The predicted molar refractivity (Wildman–Crippen MR) is 252 cm³/mol. The normalized spacial score (nSPS) is 12.6. The molecular weight excluding hydrogens is 765 g/mol. The van der Waals surface area contributed by atoms with Gasteiger partial charge < -0.3 is 31.1 Å². The van der Waals surface area contributed by atoms with Crippen molar-refractivity contribution in [2.45, 2.75) is 25.2 Å². The number of aromatic hydroxyl groups is 4. The Balaban J connectivity index is 1.07. The van der Waals surface area contributed by atoms with Gasteiger partial charge in [0.2, 0.25) is 0 Å². The maximum Gasteiger partial charge on any atom is 0.128 e. The number of rotatable bonds is 11. The van der Waals surface area contributed by atoms with Gasteiger partial charge in [-0.15, -0.1) is 0 Å². The van der Waals surface area contributed by atoms with Crippen LogP contribution in [0, 0.1) is 0 Å². The van der Waals surface area contributed by atoms with Crippen LogP contribution >= 0.6 is 0 Å². The molecule has 0 saturated carbocycles. The Labute approximate surface area is 359 Å². The number of benzene rings is 10. The van der Waals surface area contributed by atoms with E-state index in [4.69, 9.17) is 0 Å². The van der Waals surface area contributed by atoms with E-state index in [0.717, 1.165) is 54.2 Å². The first-order chi connectivity index (χ1) is 30.4. The minimum atomic E-state index is -0.317. The first-order valence-electron chi connectivity index (χ1n) is 20.9. The van der Waals surface area contributed by atoms with Gasteiger partial charge in [0.1, 0.15) is 23.0 Å². The first kappa shape index (κ1) is 38.6. The van der Waals surface area contributed by atoms with Crippen LogP contribution in [-0.2, 0) is 13.1 Å². The fraction of sp³-hybridized carbons (Fsp3) is 0.0714. The molecule has 10 aromatic rings. The zero-order valence-corrected chi connectivity index (χ0v) is 33.8. The molecule has 0 spiro atoms. The fourth-order valence-electron chi connectivity index (χ4n) is 9.23. The van der Waals surface area contributed by atoms with Crippen LogP contribution in [0.15, 0.2) is 194 Å². The lowest BCUT2D eigenvalue weighted by Gasteiger charge is -2.31. The third-order valence-corrected chi connectivity index (χ3v) is 12.2. The second-order valence-corrected chi connectivity index (χ2v) is 15.9. The van der Waals surface area contributed by atoms with E-state index in [1.54, 1.807) is 12.1 Å². The molecular formula is C56H44N2O4. The highest BCUT2D eigenvalue weighted by atomic mass is 16.3. The molecule has 0 unspecified atom stereocenters. The molecule has 0 radical (unpaired) electrons. The van der Waals surface area contributed by atoms with Gasteiger partial charge in [-0.25, -0.2) is 0 Å². The van der Waals surface area contributed by atoms with Gasteiger partial charge in [0.05, 0.1) is 12.1 Å². The van der Waals surface area contributed by atoms with Gasteiger partial charge in [-0.3, -0.25) is 0 Å². The van der Waals surface area contributed by atoms with Crippen LogP contribution in [0.5, 0.6) is 23.0 Å². The highest BCUT2D eigenvalue weighted by Gasteiger charge is 2.28. The summed E-state index contributed by atoms with van der Waals surface area (Å²) in [6, 6.07) is 62.8.